The number of halogens is 1. The fourth-order valence-electron chi connectivity index (χ4n) is 2.23. The lowest BCUT2D eigenvalue weighted by molar-refractivity contribution is -0.384. The Kier molecular flexibility index (Phi) is 3.84. The van der Waals surface area contributed by atoms with Crippen LogP contribution in [0.5, 0.6) is 0 Å². The lowest BCUT2D eigenvalue weighted by Crippen LogP contribution is -2.22. The highest BCUT2D eigenvalue weighted by Crippen LogP contribution is 2.29. The SMILES string of the molecule is O=[N+]([O-])c1ccc(NC2CCCCC2)cc1Cl. The maximum Gasteiger partial charge on any atom is 0.288 e. The summed E-state index contributed by atoms with van der Waals surface area (Å²) in [4.78, 5) is 10.2. The van der Waals surface area contributed by atoms with Crippen molar-refractivity contribution in [2.75, 3.05) is 5.32 Å². The summed E-state index contributed by atoms with van der Waals surface area (Å²) in [6.45, 7) is 0. The van der Waals surface area contributed by atoms with Gasteiger partial charge in [-0.25, -0.2) is 0 Å². The van der Waals surface area contributed by atoms with Crippen molar-refractivity contribution in [2.24, 2.45) is 0 Å². The van der Waals surface area contributed by atoms with E-state index in [0.29, 0.717) is 6.04 Å². The third kappa shape index (κ3) is 3.09. The molecule has 1 N–H and O–H groups in total. The zero-order valence-electron chi connectivity index (χ0n) is 9.49. The van der Waals surface area contributed by atoms with Gasteiger partial charge in [0.15, 0.2) is 0 Å². The summed E-state index contributed by atoms with van der Waals surface area (Å²) < 4.78 is 0. The van der Waals surface area contributed by atoms with Crippen LogP contribution in [0.25, 0.3) is 0 Å². The van der Waals surface area contributed by atoms with Gasteiger partial charge in [0.25, 0.3) is 5.69 Å². The van der Waals surface area contributed by atoms with Crippen molar-refractivity contribution < 1.29 is 4.92 Å². The van der Waals surface area contributed by atoms with E-state index in [-0.39, 0.29) is 10.7 Å². The van der Waals surface area contributed by atoms with Crippen molar-refractivity contribution in [1.29, 1.82) is 0 Å². The van der Waals surface area contributed by atoms with Gasteiger partial charge in [0, 0.05) is 17.8 Å². The van der Waals surface area contributed by atoms with Gasteiger partial charge < -0.3 is 5.32 Å². The molecule has 92 valence electrons. The summed E-state index contributed by atoms with van der Waals surface area (Å²) in [6.07, 6.45) is 6.12. The molecule has 0 unspecified atom stereocenters. The van der Waals surface area contributed by atoms with Crippen molar-refractivity contribution in [3.8, 4) is 0 Å². The van der Waals surface area contributed by atoms with E-state index in [1.165, 1.54) is 25.3 Å². The van der Waals surface area contributed by atoms with Crippen LogP contribution in [0, 0.1) is 10.1 Å². The van der Waals surface area contributed by atoms with Crippen LogP contribution in [0.3, 0.4) is 0 Å². The minimum absolute atomic E-state index is 0.0409. The number of nitrogens with zero attached hydrogens (tertiary/aromatic N) is 1. The maximum absolute atomic E-state index is 10.6. The van der Waals surface area contributed by atoms with Gasteiger partial charge in [0.2, 0.25) is 0 Å². The summed E-state index contributed by atoms with van der Waals surface area (Å²) in [5, 5.41) is 14.2. The molecular formula is C12H15ClN2O2. The van der Waals surface area contributed by atoms with Gasteiger partial charge in [-0.2, -0.15) is 0 Å². The van der Waals surface area contributed by atoms with Crippen LogP contribution in [-0.2, 0) is 0 Å². The number of nitro benzene ring substituents is 1. The highest BCUT2D eigenvalue weighted by Gasteiger charge is 2.15. The minimum atomic E-state index is -0.466. The Labute approximate surface area is 105 Å². The van der Waals surface area contributed by atoms with Crippen molar-refractivity contribution in [3.05, 3.63) is 33.3 Å². The van der Waals surface area contributed by atoms with Gasteiger partial charge in [0.05, 0.1) is 4.92 Å². The molecule has 0 bridgehead atoms. The van der Waals surface area contributed by atoms with Crippen molar-refractivity contribution >= 4 is 23.0 Å². The summed E-state index contributed by atoms with van der Waals surface area (Å²) in [5.74, 6) is 0. The van der Waals surface area contributed by atoms with E-state index in [1.54, 1.807) is 12.1 Å². The lowest BCUT2D eigenvalue weighted by Gasteiger charge is -2.23. The number of rotatable bonds is 3. The fraction of sp³-hybridized carbons (Fsp3) is 0.500. The largest absolute Gasteiger partial charge is 0.382 e. The second-order valence-electron chi connectivity index (χ2n) is 4.40. The van der Waals surface area contributed by atoms with Crippen LogP contribution in [0.4, 0.5) is 11.4 Å². The number of nitro groups is 1. The molecule has 17 heavy (non-hydrogen) atoms. The van der Waals surface area contributed by atoms with Gasteiger partial charge >= 0.3 is 0 Å². The zero-order valence-corrected chi connectivity index (χ0v) is 10.2. The molecule has 1 aromatic rings. The van der Waals surface area contributed by atoms with Crippen LogP contribution < -0.4 is 5.32 Å². The summed E-state index contributed by atoms with van der Waals surface area (Å²) in [6, 6.07) is 5.28. The van der Waals surface area contributed by atoms with E-state index in [2.05, 4.69) is 5.32 Å². The molecule has 0 heterocycles. The Bertz CT molecular complexity index is 417. The Morgan fingerprint density at radius 1 is 1.29 bits per heavy atom. The van der Waals surface area contributed by atoms with Crippen LogP contribution >= 0.6 is 11.6 Å². The third-order valence-corrected chi connectivity index (χ3v) is 3.42. The van der Waals surface area contributed by atoms with Crippen LogP contribution in [0.15, 0.2) is 18.2 Å². The second-order valence-corrected chi connectivity index (χ2v) is 4.81. The standard InChI is InChI=1S/C12H15ClN2O2/c13-11-8-10(6-7-12(11)15(16)17)14-9-4-2-1-3-5-9/h6-9,14H,1-5H2. The van der Waals surface area contributed by atoms with Crippen molar-refractivity contribution in [1.82, 2.24) is 0 Å². The molecule has 0 aliphatic heterocycles. The fourth-order valence-corrected chi connectivity index (χ4v) is 2.48. The van der Waals surface area contributed by atoms with Gasteiger partial charge in [-0.1, -0.05) is 30.9 Å². The first kappa shape index (κ1) is 12.2. The molecule has 0 spiro atoms. The number of hydrogen-bond acceptors (Lipinski definition) is 3. The molecule has 1 aliphatic rings. The molecule has 0 aromatic heterocycles. The number of benzene rings is 1. The van der Waals surface area contributed by atoms with E-state index in [9.17, 15) is 10.1 Å². The Hall–Kier alpha value is -1.29. The first-order chi connectivity index (χ1) is 8.16. The Balaban J connectivity index is 2.06. The molecule has 1 fully saturated rings. The number of anilines is 1. The Morgan fingerprint density at radius 3 is 2.59 bits per heavy atom. The molecular weight excluding hydrogens is 240 g/mol. The summed E-state index contributed by atoms with van der Waals surface area (Å²) in [5.41, 5.74) is 0.827. The average Bonchev–Trinajstić information content (AvgIpc) is 2.30. The van der Waals surface area contributed by atoms with Gasteiger partial charge in [-0.3, -0.25) is 10.1 Å². The van der Waals surface area contributed by atoms with Crippen LogP contribution in [0.2, 0.25) is 5.02 Å². The number of nitrogens with one attached hydrogen (secondary N) is 1. The molecule has 2 rings (SSSR count). The van der Waals surface area contributed by atoms with E-state index >= 15 is 0 Å². The lowest BCUT2D eigenvalue weighted by atomic mass is 9.95. The van der Waals surface area contributed by atoms with Gasteiger partial charge in [0.1, 0.15) is 5.02 Å². The highest BCUT2D eigenvalue weighted by atomic mass is 35.5. The van der Waals surface area contributed by atoms with Gasteiger partial charge in [-0.05, 0) is 25.0 Å². The van der Waals surface area contributed by atoms with E-state index in [1.807, 2.05) is 0 Å². The third-order valence-electron chi connectivity index (χ3n) is 3.12. The Morgan fingerprint density at radius 2 is 2.00 bits per heavy atom. The average molecular weight is 255 g/mol. The van der Waals surface area contributed by atoms with Crippen molar-refractivity contribution in [3.63, 3.8) is 0 Å². The second kappa shape index (κ2) is 5.36. The number of hydrogen-bond donors (Lipinski definition) is 1. The van der Waals surface area contributed by atoms with Crippen LogP contribution in [-0.4, -0.2) is 11.0 Å². The summed E-state index contributed by atoms with van der Waals surface area (Å²) >= 11 is 5.86. The molecule has 1 aromatic carbocycles. The van der Waals surface area contributed by atoms with E-state index in [4.69, 9.17) is 11.6 Å². The molecule has 4 nitrogen and oxygen atoms in total. The van der Waals surface area contributed by atoms with E-state index in [0.717, 1.165) is 18.5 Å². The monoisotopic (exact) mass is 254 g/mol. The topological polar surface area (TPSA) is 55.2 Å². The van der Waals surface area contributed by atoms with E-state index < -0.39 is 4.92 Å². The molecule has 0 atom stereocenters. The summed E-state index contributed by atoms with van der Waals surface area (Å²) in [7, 11) is 0. The molecule has 1 aliphatic carbocycles. The maximum atomic E-state index is 10.6. The first-order valence-corrected chi connectivity index (χ1v) is 6.25. The minimum Gasteiger partial charge on any atom is -0.382 e. The quantitative estimate of drug-likeness (QED) is 0.655. The molecule has 5 heteroatoms. The predicted octanol–water partition coefficient (Wildman–Crippen LogP) is 3.99. The molecule has 0 saturated heterocycles. The molecule has 1 saturated carbocycles. The highest BCUT2D eigenvalue weighted by molar-refractivity contribution is 6.32. The molecule has 0 amide bonds. The smallest absolute Gasteiger partial charge is 0.288 e. The zero-order chi connectivity index (χ0) is 12.3. The predicted molar refractivity (Wildman–Crippen MR) is 68.6 cm³/mol. The van der Waals surface area contributed by atoms with Crippen LogP contribution in [0.1, 0.15) is 32.1 Å². The normalized spacial score (nSPS) is 16.8. The molecule has 0 radical (unpaired) electrons. The first-order valence-electron chi connectivity index (χ1n) is 5.87. The van der Waals surface area contributed by atoms with Gasteiger partial charge in [-0.15, -0.1) is 0 Å². The van der Waals surface area contributed by atoms with Crippen molar-refractivity contribution in [2.45, 2.75) is 38.1 Å².